The van der Waals surface area contributed by atoms with E-state index in [2.05, 4.69) is 5.43 Å². The number of hydrogen-bond acceptors (Lipinski definition) is 4. The summed E-state index contributed by atoms with van der Waals surface area (Å²) in [6.07, 6.45) is 0. The molecule has 1 aliphatic rings. The minimum atomic E-state index is -0.719. The smallest absolute Gasteiger partial charge is 0.320 e. The van der Waals surface area contributed by atoms with E-state index in [1.165, 1.54) is 6.92 Å². The second-order valence-corrected chi connectivity index (χ2v) is 2.70. The van der Waals surface area contributed by atoms with E-state index in [-0.39, 0.29) is 19.0 Å². The molecule has 1 aliphatic heterocycles. The first-order valence-corrected chi connectivity index (χ1v) is 3.68. The Morgan fingerprint density at radius 1 is 1.64 bits per heavy atom. The molecule has 0 aliphatic carbocycles. The number of urea groups is 1. The summed E-state index contributed by atoms with van der Waals surface area (Å²) in [6, 6.07) is -1.36. The lowest BCUT2D eigenvalue weighted by Crippen LogP contribution is -2.49. The molecule has 7 nitrogen and oxygen atoms in total. The third-order valence-corrected chi connectivity index (χ3v) is 1.45. The van der Waals surface area contributed by atoms with Crippen molar-refractivity contribution in [3.8, 4) is 0 Å². The molecular formula is C6H11ClN4O3. The molecule has 4 amide bonds. The highest BCUT2D eigenvalue weighted by molar-refractivity contribution is 6.02. The minimum absolute atomic E-state index is 0. The van der Waals surface area contributed by atoms with Crippen LogP contribution in [0.5, 0.6) is 0 Å². The van der Waals surface area contributed by atoms with Crippen molar-refractivity contribution in [3.63, 3.8) is 0 Å². The van der Waals surface area contributed by atoms with Gasteiger partial charge in [-0.3, -0.25) is 20.3 Å². The molecule has 0 aromatic carbocycles. The van der Waals surface area contributed by atoms with Gasteiger partial charge in [0, 0.05) is 0 Å². The van der Waals surface area contributed by atoms with E-state index in [0.717, 1.165) is 5.01 Å². The predicted molar refractivity (Wildman–Crippen MR) is 49.3 cm³/mol. The average molecular weight is 223 g/mol. The molecule has 0 radical (unpaired) electrons. The summed E-state index contributed by atoms with van der Waals surface area (Å²) < 4.78 is 0. The molecule has 8 heteroatoms. The lowest BCUT2D eigenvalue weighted by atomic mass is 10.3. The highest BCUT2D eigenvalue weighted by atomic mass is 35.5. The van der Waals surface area contributed by atoms with Crippen LogP contribution in [0.1, 0.15) is 6.92 Å². The number of rotatable bonds is 2. The highest BCUT2D eigenvalue weighted by Gasteiger charge is 2.28. The van der Waals surface area contributed by atoms with Crippen LogP contribution in [0.4, 0.5) is 4.79 Å². The van der Waals surface area contributed by atoms with E-state index in [0.29, 0.717) is 0 Å². The molecule has 1 fully saturated rings. The largest absolute Gasteiger partial charge is 0.343 e. The van der Waals surface area contributed by atoms with E-state index < -0.39 is 23.9 Å². The normalized spacial score (nSPS) is 17.1. The molecule has 4 N–H and O–H groups in total. The zero-order chi connectivity index (χ0) is 10.0. The van der Waals surface area contributed by atoms with Gasteiger partial charge in [-0.2, -0.15) is 0 Å². The second kappa shape index (κ2) is 4.77. The minimum Gasteiger partial charge on any atom is -0.320 e. The Labute approximate surface area is 86.4 Å². The molecule has 0 saturated carbocycles. The number of hydrogen-bond donors (Lipinski definition) is 3. The number of nitrogens with zero attached hydrogens (tertiary/aromatic N) is 1. The van der Waals surface area contributed by atoms with E-state index >= 15 is 0 Å². The summed E-state index contributed by atoms with van der Waals surface area (Å²) in [4.78, 5) is 32.5. The van der Waals surface area contributed by atoms with Gasteiger partial charge < -0.3 is 5.73 Å². The fraction of sp³-hybridized carbons (Fsp3) is 0.500. The number of amides is 4. The Bertz CT molecular complexity index is 268. The number of nitrogens with one attached hydrogen (secondary N) is 2. The van der Waals surface area contributed by atoms with Gasteiger partial charge in [-0.05, 0) is 6.92 Å². The number of nitrogens with two attached hydrogens (primary N) is 1. The molecule has 80 valence electrons. The van der Waals surface area contributed by atoms with Crippen LogP contribution < -0.4 is 16.5 Å². The Kier molecular flexibility index (Phi) is 4.32. The SMILES string of the molecule is C[C@@H](N)C(=O)NN1CC(=O)NC1=O.Cl. The summed E-state index contributed by atoms with van der Waals surface area (Å²) in [6.45, 7) is 1.31. The maximum absolute atomic E-state index is 11.0. The van der Waals surface area contributed by atoms with Crippen LogP contribution >= 0.6 is 12.4 Å². The molecular weight excluding hydrogens is 212 g/mol. The van der Waals surface area contributed by atoms with Crippen LogP contribution in [0.2, 0.25) is 0 Å². The lowest BCUT2D eigenvalue weighted by molar-refractivity contribution is -0.126. The number of imide groups is 1. The van der Waals surface area contributed by atoms with Crippen molar-refractivity contribution in [2.75, 3.05) is 6.54 Å². The molecule has 0 spiro atoms. The zero-order valence-corrected chi connectivity index (χ0v) is 8.26. The van der Waals surface area contributed by atoms with Gasteiger partial charge in [-0.15, -0.1) is 12.4 Å². The van der Waals surface area contributed by atoms with E-state index in [1.54, 1.807) is 0 Å². The molecule has 0 aromatic rings. The van der Waals surface area contributed by atoms with Gasteiger partial charge in [-0.25, -0.2) is 9.80 Å². The van der Waals surface area contributed by atoms with Crippen LogP contribution in [0.15, 0.2) is 0 Å². The number of hydrazine groups is 1. The van der Waals surface area contributed by atoms with Crippen molar-refractivity contribution < 1.29 is 14.4 Å². The quantitative estimate of drug-likeness (QED) is 0.487. The Hall–Kier alpha value is -1.34. The Morgan fingerprint density at radius 2 is 2.21 bits per heavy atom. The summed E-state index contributed by atoms with van der Waals surface area (Å²) in [5.74, 6) is -0.958. The summed E-state index contributed by atoms with van der Waals surface area (Å²) in [7, 11) is 0. The number of carbonyl (C=O) groups is 3. The van der Waals surface area contributed by atoms with Gasteiger partial charge in [0.05, 0.1) is 6.04 Å². The third kappa shape index (κ3) is 2.86. The molecule has 14 heavy (non-hydrogen) atoms. The monoisotopic (exact) mass is 222 g/mol. The van der Waals surface area contributed by atoms with Gasteiger partial charge in [0.1, 0.15) is 6.54 Å². The van der Waals surface area contributed by atoms with E-state index in [9.17, 15) is 14.4 Å². The van der Waals surface area contributed by atoms with Crippen molar-refractivity contribution in [2.45, 2.75) is 13.0 Å². The van der Waals surface area contributed by atoms with Gasteiger partial charge in [0.2, 0.25) is 5.91 Å². The fourth-order valence-corrected chi connectivity index (χ4v) is 0.767. The first kappa shape index (κ1) is 12.7. The van der Waals surface area contributed by atoms with Crippen molar-refractivity contribution in [2.24, 2.45) is 5.73 Å². The molecule has 0 aromatic heterocycles. The van der Waals surface area contributed by atoms with Gasteiger partial charge in [0.15, 0.2) is 0 Å². The molecule has 0 unspecified atom stereocenters. The van der Waals surface area contributed by atoms with Gasteiger partial charge in [-0.1, -0.05) is 0 Å². The molecule has 1 heterocycles. The van der Waals surface area contributed by atoms with Crippen LogP contribution in [0.3, 0.4) is 0 Å². The van der Waals surface area contributed by atoms with Crippen LogP contribution in [-0.2, 0) is 9.59 Å². The van der Waals surface area contributed by atoms with Crippen molar-refractivity contribution in [1.82, 2.24) is 15.8 Å². The first-order chi connectivity index (χ1) is 6.00. The third-order valence-electron chi connectivity index (χ3n) is 1.45. The highest BCUT2D eigenvalue weighted by Crippen LogP contribution is 1.93. The average Bonchev–Trinajstić information content (AvgIpc) is 2.30. The maximum Gasteiger partial charge on any atom is 0.343 e. The zero-order valence-electron chi connectivity index (χ0n) is 7.44. The van der Waals surface area contributed by atoms with Crippen LogP contribution in [0, 0.1) is 0 Å². The molecule has 1 atom stereocenters. The summed E-state index contributed by atoms with van der Waals surface area (Å²) in [5.41, 5.74) is 7.43. The Morgan fingerprint density at radius 3 is 2.57 bits per heavy atom. The van der Waals surface area contributed by atoms with E-state index in [1.807, 2.05) is 5.32 Å². The molecule has 0 bridgehead atoms. The van der Waals surface area contributed by atoms with E-state index in [4.69, 9.17) is 5.73 Å². The number of halogens is 1. The van der Waals surface area contributed by atoms with Crippen molar-refractivity contribution in [3.05, 3.63) is 0 Å². The van der Waals surface area contributed by atoms with Gasteiger partial charge >= 0.3 is 6.03 Å². The lowest BCUT2D eigenvalue weighted by Gasteiger charge is -2.15. The summed E-state index contributed by atoms with van der Waals surface area (Å²) >= 11 is 0. The van der Waals surface area contributed by atoms with Gasteiger partial charge in [0.25, 0.3) is 5.91 Å². The Balaban J connectivity index is 0.00000169. The number of carbonyl (C=O) groups excluding carboxylic acids is 3. The maximum atomic E-state index is 11.0. The first-order valence-electron chi connectivity index (χ1n) is 3.68. The van der Waals surface area contributed by atoms with Crippen LogP contribution in [0.25, 0.3) is 0 Å². The molecule has 1 saturated heterocycles. The predicted octanol–water partition coefficient (Wildman–Crippen LogP) is -1.66. The standard InChI is InChI=1S/C6H10N4O3.ClH/c1-3(7)5(12)9-10-2-4(11)8-6(10)13;/h3H,2,7H2,1H3,(H,9,12)(H,8,11,13);1H/t3-;/m1./s1. The molecule has 1 rings (SSSR count). The topological polar surface area (TPSA) is 105 Å². The summed E-state index contributed by atoms with van der Waals surface area (Å²) in [5, 5.41) is 2.89. The second-order valence-electron chi connectivity index (χ2n) is 2.70. The van der Waals surface area contributed by atoms with Crippen LogP contribution in [-0.4, -0.2) is 35.4 Å². The fourth-order valence-electron chi connectivity index (χ4n) is 0.767. The van der Waals surface area contributed by atoms with Crippen molar-refractivity contribution in [1.29, 1.82) is 0 Å². The van der Waals surface area contributed by atoms with Crippen molar-refractivity contribution >= 4 is 30.3 Å².